The molecule has 0 bridgehead atoms. The molecule has 0 heterocycles. The molecule has 0 N–H and O–H groups in total. The molecule has 96 valence electrons. The van der Waals surface area contributed by atoms with Crippen LogP contribution in [0.3, 0.4) is 0 Å². The maximum absolute atomic E-state index is 5.60. The van der Waals surface area contributed by atoms with Gasteiger partial charge in [-0.05, 0) is 18.6 Å². The van der Waals surface area contributed by atoms with Crippen molar-refractivity contribution in [2.24, 2.45) is 0 Å². The SMILES string of the molecule is CCCOc1ccccc1OCC(OC)OC. The molecule has 1 aromatic carbocycles. The second-order valence-electron chi connectivity index (χ2n) is 3.51. The van der Waals surface area contributed by atoms with Crippen LogP contribution in [0.15, 0.2) is 24.3 Å². The zero-order valence-electron chi connectivity index (χ0n) is 10.6. The highest BCUT2D eigenvalue weighted by atomic mass is 16.7. The Morgan fingerprint density at radius 3 is 2.12 bits per heavy atom. The number of para-hydroxylation sites is 2. The summed E-state index contributed by atoms with van der Waals surface area (Å²) in [6.45, 7) is 3.08. The van der Waals surface area contributed by atoms with Gasteiger partial charge in [-0.15, -0.1) is 0 Å². The molecule has 17 heavy (non-hydrogen) atoms. The molecule has 0 radical (unpaired) electrons. The quantitative estimate of drug-likeness (QED) is 0.654. The number of ether oxygens (including phenoxy) is 4. The normalized spacial score (nSPS) is 10.6. The van der Waals surface area contributed by atoms with Gasteiger partial charge in [0.1, 0.15) is 6.61 Å². The first-order valence-electron chi connectivity index (χ1n) is 5.72. The average molecular weight is 240 g/mol. The number of rotatable bonds is 8. The highest BCUT2D eigenvalue weighted by Crippen LogP contribution is 2.26. The Kier molecular flexibility index (Phi) is 6.43. The van der Waals surface area contributed by atoms with Gasteiger partial charge in [-0.1, -0.05) is 19.1 Å². The first-order chi connectivity index (χ1) is 8.31. The molecule has 0 spiro atoms. The summed E-state index contributed by atoms with van der Waals surface area (Å²) in [5.41, 5.74) is 0. The molecular formula is C13H20O4. The van der Waals surface area contributed by atoms with Gasteiger partial charge in [-0.2, -0.15) is 0 Å². The van der Waals surface area contributed by atoms with E-state index < -0.39 is 0 Å². The van der Waals surface area contributed by atoms with Crippen LogP contribution in [0.2, 0.25) is 0 Å². The Hall–Kier alpha value is -1.26. The van der Waals surface area contributed by atoms with Gasteiger partial charge in [0.15, 0.2) is 17.8 Å². The van der Waals surface area contributed by atoms with Gasteiger partial charge in [-0.25, -0.2) is 0 Å². The van der Waals surface area contributed by atoms with E-state index in [1.54, 1.807) is 14.2 Å². The van der Waals surface area contributed by atoms with Crippen molar-refractivity contribution in [3.8, 4) is 11.5 Å². The number of benzene rings is 1. The van der Waals surface area contributed by atoms with E-state index >= 15 is 0 Å². The van der Waals surface area contributed by atoms with E-state index in [1.165, 1.54) is 0 Å². The maximum atomic E-state index is 5.60. The van der Waals surface area contributed by atoms with E-state index in [0.717, 1.165) is 12.2 Å². The summed E-state index contributed by atoms with van der Waals surface area (Å²) in [7, 11) is 3.16. The molecule has 0 atom stereocenters. The van der Waals surface area contributed by atoms with Crippen LogP contribution in [0.4, 0.5) is 0 Å². The van der Waals surface area contributed by atoms with E-state index in [0.29, 0.717) is 19.0 Å². The molecule has 0 aromatic heterocycles. The molecule has 4 nitrogen and oxygen atoms in total. The monoisotopic (exact) mass is 240 g/mol. The zero-order chi connectivity index (χ0) is 12.5. The zero-order valence-corrected chi connectivity index (χ0v) is 10.6. The fraction of sp³-hybridized carbons (Fsp3) is 0.538. The van der Waals surface area contributed by atoms with Gasteiger partial charge in [-0.3, -0.25) is 0 Å². The second kappa shape index (κ2) is 7.92. The minimum absolute atomic E-state index is 0.333. The van der Waals surface area contributed by atoms with Gasteiger partial charge in [0.2, 0.25) is 0 Å². The third kappa shape index (κ3) is 4.63. The smallest absolute Gasteiger partial charge is 0.191 e. The highest BCUT2D eigenvalue weighted by Gasteiger charge is 2.09. The molecule has 0 saturated carbocycles. The summed E-state index contributed by atoms with van der Waals surface area (Å²) >= 11 is 0. The highest BCUT2D eigenvalue weighted by molar-refractivity contribution is 5.39. The minimum Gasteiger partial charge on any atom is -0.490 e. The summed E-state index contributed by atoms with van der Waals surface area (Å²) in [6, 6.07) is 7.58. The molecule has 0 unspecified atom stereocenters. The van der Waals surface area contributed by atoms with Crippen molar-refractivity contribution in [2.45, 2.75) is 19.6 Å². The maximum Gasteiger partial charge on any atom is 0.191 e. The van der Waals surface area contributed by atoms with Crippen molar-refractivity contribution >= 4 is 0 Å². The lowest BCUT2D eigenvalue weighted by Gasteiger charge is -2.16. The summed E-state index contributed by atoms with van der Waals surface area (Å²) in [5.74, 6) is 1.46. The van der Waals surface area contributed by atoms with Gasteiger partial charge in [0.05, 0.1) is 6.61 Å². The van der Waals surface area contributed by atoms with Crippen molar-refractivity contribution in [3.63, 3.8) is 0 Å². The van der Waals surface area contributed by atoms with Crippen LogP contribution in [-0.2, 0) is 9.47 Å². The topological polar surface area (TPSA) is 36.9 Å². The third-order valence-corrected chi connectivity index (χ3v) is 2.21. The Morgan fingerprint density at radius 2 is 1.59 bits per heavy atom. The van der Waals surface area contributed by atoms with Gasteiger partial charge < -0.3 is 18.9 Å². The largest absolute Gasteiger partial charge is 0.490 e. The lowest BCUT2D eigenvalue weighted by Crippen LogP contribution is -2.22. The molecule has 1 rings (SSSR count). The Labute approximate surface area is 102 Å². The molecule has 0 saturated heterocycles. The fourth-order valence-corrected chi connectivity index (χ4v) is 1.29. The predicted octanol–water partition coefficient (Wildman–Crippen LogP) is 2.47. The van der Waals surface area contributed by atoms with Crippen molar-refractivity contribution in [1.29, 1.82) is 0 Å². The fourth-order valence-electron chi connectivity index (χ4n) is 1.29. The number of hydrogen-bond acceptors (Lipinski definition) is 4. The number of methoxy groups -OCH3 is 2. The van der Waals surface area contributed by atoms with Crippen LogP contribution in [0, 0.1) is 0 Å². The molecular weight excluding hydrogens is 220 g/mol. The predicted molar refractivity (Wildman–Crippen MR) is 65.5 cm³/mol. The molecule has 4 heteroatoms. The van der Waals surface area contributed by atoms with E-state index in [1.807, 2.05) is 24.3 Å². The first-order valence-corrected chi connectivity index (χ1v) is 5.72. The van der Waals surface area contributed by atoms with Crippen LogP contribution in [0.5, 0.6) is 11.5 Å². The Balaban J connectivity index is 2.56. The van der Waals surface area contributed by atoms with E-state index in [2.05, 4.69) is 6.92 Å². The molecule has 0 aliphatic rings. The summed E-state index contributed by atoms with van der Waals surface area (Å²) in [6.07, 6.45) is 0.599. The van der Waals surface area contributed by atoms with Crippen LogP contribution in [-0.4, -0.2) is 33.7 Å². The lowest BCUT2D eigenvalue weighted by atomic mass is 10.3. The van der Waals surface area contributed by atoms with Crippen LogP contribution >= 0.6 is 0 Å². The third-order valence-electron chi connectivity index (χ3n) is 2.21. The molecule has 1 aromatic rings. The summed E-state index contributed by atoms with van der Waals surface area (Å²) in [4.78, 5) is 0. The average Bonchev–Trinajstić information content (AvgIpc) is 2.38. The van der Waals surface area contributed by atoms with Crippen molar-refractivity contribution in [1.82, 2.24) is 0 Å². The molecule has 0 fully saturated rings. The minimum atomic E-state index is -0.366. The second-order valence-corrected chi connectivity index (χ2v) is 3.51. The van der Waals surface area contributed by atoms with E-state index in [9.17, 15) is 0 Å². The van der Waals surface area contributed by atoms with E-state index in [-0.39, 0.29) is 6.29 Å². The van der Waals surface area contributed by atoms with Gasteiger partial charge in [0.25, 0.3) is 0 Å². The van der Waals surface area contributed by atoms with Gasteiger partial charge >= 0.3 is 0 Å². The summed E-state index contributed by atoms with van der Waals surface area (Å²) < 4.78 is 21.3. The van der Waals surface area contributed by atoms with Crippen LogP contribution in [0.1, 0.15) is 13.3 Å². The Morgan fingerprint density at radius 1 is 1.00 bits per heavy atom. The van der Waals surface area contributed by atoms with E-state index in [4.69, 9.17) is 18.9 Å². The molecule has 0 aliphatic carbocycles. The van der Waals surface area contributed by atoms with Crippen molar-refractivity contribution in [2.75, 3.05) is 27.4 Å². The Bertz CT molecular complexity index is 310. The number of hydrogen-bond donors (Lipinski definition) is 0. The molecule has 0 aliphatic heterocycles. The standard InChI is InChI=1S/C13H20O4/c1-4-9-16-11-7-5-6-8-12(11)17-10-13(14-2)15-3/h5-8,13H,4,9-10H2,1-3H3. The summed E-state index contributed by atoms with van der Waals surface area (Å²) in [5, 5.41) is 0. The van der Waals surface area contributed by atoms with Crippen molar-refractivity contribution in [3.05, 3.63) is 24.3 Å². The van der Waals surface area contributed by atoms with Crippen LogP contribution in [0.25, 0.3) is 0 Å². The molecule has 0 amide bonds. The first kappa shape index (κ1) is 13.8. The van der Waals surface area contributed by atoms with Crippen LogP contribution < -0.4 is 9.47 Å². The van der Waals surface area contributed by atoms with Gasteiger partial charge in [0, 0.05) is 14.2 Å². The van der Waals surface area contributed by atoms with Crippen molar-refractivity contribution < 1.29 is 18.9 Å². The lowest BCUT2D eigenvalue weighted by molar-refractivity contribution is -0.122.